The van der Waals surface area contributed by atoms with Gasteiger partial charge in [-0.05, 0) is 86.0 Å². The van der Waals surface area contributed by atoms with E-state index < -0.39 is 0 Å². The van der Waals surface area contributed by atoms with E-state index >= 15 is 0 Å². The molecule has 1 aliphatic carbocycles. The first-order chi connectivity index (χ1) is 15.8. The van der Waals surface area contributed by atoms with Gasteiger partial charge in [0.1, 0.15) is 0 Å². The Labute approximate surface area is 196 Å². The van der Waals surface area contributed by atoms with Crippen LogP contribution >= 0.6 is 0 Å². The highest BCUT2D eigenvalue weighted by Crippen LogP contribution is 2.35. The molecule has 0 saturated heterocycles. The number of aromatic nitrogens is 5. The largest absolute Gasteiger partial charge is 0.322 e. The van der Waals surface area contributed by atoms with E-state index in [0.29, 0.717) is 12.6 Å². The molecule has 1 N–H and O–H groups in total. The Kier molecular flexibility index (Phi) is 6.98. The summed E-state index contributed by atoms with van der Waals surface area (Å²) in [5.41, 5.74) is 2.79. The number of aryl methyl sites for hydroxylation is 1. The van der Waals surface area contributed by atoms with Gasteiger partial charge in [0.05, 0.1) is 11.6 Å². The molecular formula is C26H38N6O. The summed E-state index contributed by atoms with van der Waals surface area (Å²) in [6.45, 7) is 11.4. The third-order valence-corrected chi connectivity index (χ3v) is 6.93. The zero-order chi connectivity index (χ0) is 23.6. The highest BCUT2D eigenvalue weighted by Gasteiger charge is 2.35. The average molecular weight is 451 g/mol. The van der Waals surface area contributed by atoms with E-state index in [0.717, 1.165) is 54.4 Å². The van der Waals surface area contributed by atoms with Gasteiger partial charge >= 0.3 is 0 Å². The minimum absolute atomic E-state index is 0.000377. The molecule has 4 rings (SSSR count). The van der Waals surface area contributed by atoms with Crippen molar-refractivity contribution >= 4 is 10.9 Å². The van der Waals surface area contributed by atoms with E-state index in [9.17, 15) is 4.79 Å². The molecule has 2 heterocycles. The molecule has 1 fully saturated rings. The van der Waals surface area contributed by atoms with Crippen molar-refractivity contribution in [1.29, 1.82) is 0 Å². The number of tetrazole rings is 1. The minimum atomic E-state index is -0.205. The summed E-state index contributed by atoms with van der Waals surface area (Å²) in [6, 6.07) is 8.90. The van der Waals surface area contributed by atoms with Crippen LogP contribution in [-0.2, 0) is 18.5 Å². The van der Waals surface area contributed by atoms with E-state index in [1.54, 1.807) is 0 Å². The second-order valence-corrected chi connectivity index (χ2v) is 10.4. The first kappa shape index (κ1) is 23.6. The Morgan fingerprint density at radius 3 is 2.61 bits per heavy atom. The van der Waals surface area contributed by atoms with Crippen LogP contribution in [0.2, 0.25) is 0 Å². The fraction of sp³-hybridized carbons (Fsp3) is 0.615. The standard InChI is InChI=1S/C26H38N6O/c1-6-10-23(24-28-29-30-32(24)26(3,4)5)31(21-11-8-9-12-21)17-20-16-19-15-18(7-2)13-14-22(19)27-25(20)33/h13-16,21,23H,6-12,17H2,1-5H3,(H,27,33). The topological polar surface area (TPSA) is 79.7 Å². The second-order valence-electron chi connectivity index (χ2n) is 10.4. The lowest BCUT2D eigenvalue weighted by atomic mass is 10.0. The van der Waals surface area contributed by atoms with E-state index in [1.165, 1.54) is 18.4 Å². The van der Waals surface area contributed by atoms with Crippen LogP contribution in [0.3, 0.4) is 0 Å². The molecule has 7 nitrogen and oxygen atoms in total. The Morgan fingerprint density at radius 1 is 1.18 bits per heavy atom. The lowest BCUT2D eigenvalue weighted by Gasteiger charge is -2.36. The quantitative estimate of drug-likeness (QED) is 0.515. The van der Waals surface area contributed by atoms with E-state index in [1.807, 2.05) is 10.7 Å². The number of hydrogen-bond acceptors (Lipinski definition) is 5. The fourth-order valence-electron chi connectivity index (χ4n) is 5.16. The summed E-state index contributed by atoms with van der Waals surface area (Å²) in [5, 5.41) is 14.0. The van der Waals surface area contributed by atoms with E-state index in [2.05, 4.69) is 78.2 Å². The van der Waals surface area contributed by atoms with Gasteiger partial charge in [0.15, 0.2) is 5.82 Å². The fourth-order valence-corrected chi connectivity index (χ4v) is 5.16. The molecule has 1 saturated carbocycles. The number of aromatic amines is 1. The third kappa shape index (κ3) is 5.03. The summed E-state index contributed by atoms with van der Waals surface area (Å²) in [6.07, 6.45) is 7.74. The van der Waals surface area contributed by atoms with E-state index in [4.69, 9.17) is 0 Å². The van der Waals surface area contributed by atoms with Crippen LogP contribution in [0.5, 0.6) is 0 Å². The number of nitrogens with zero attached hydrogens (tertiary/aromatic N) is 5. The normalized spacial score (nSPS) is 16.2. The van der Waals surface area contributed by atoms with Crippen LogP contribution in [0.25, 0.3) is 10.9 Å². The van der Waals surface area contributed by atoms with Gasteiger partial charge in [0.2, 0.25) is 0 Å². The van der Waals surface area contributed by atoms with Crippen LogP contribution in [0.15, 0.2) is 29.1 Å². The molecular weight excluding hydrogens is 412 g/mol. The number of H-pyrrole nitrogens is 1. The lowest BCUT2D eigenvalue weighted by molar-refractivity contribution is 0.104. The summed E-state index contributed by atoms with van der Waals surface area (Å²) >= 11 is 0. The maximum atomic E-state index is 13.1. The molecule has 1 aromatic carbocycles. The second kappa shape index (κ2) is 9.75. The Balaban J connectivity index is 1.77. The van der Waals surface area contributed by atoms with Crippen molar-refractivity contribution in [2.75, 3.05) is 0 Å². The number of fused-ring (bicyclic) bond motifs is 1. The zero-order valence-electron chi connectivity index (χ0n) is 20.8. The summed E-state index contributed by atoms with van der Waals surface area (Å²) in [7, 11) is 0. The van der Waals surface area contributed by atoms with Crippen molar-refractivity contribution < 1.29 is 0 Å². The highest BCUT2D eigenvalue weighted by molar-refractivity contribution is 5.79. The Hall–Kier alpha value is -2.54. The summed E-state index contributed by atoms with van der Waals surface area (Å²) in [5.74, 6) is 0.904. The van der Waals surface area contributed by atoms with Crippen LogP contribution < -0.4 is 5.56 Å². The molecule has 1 unspecified atom stereocenters. The first-order valence-corrected chi connectivity index (χ1v) is 12.5. The van der Waals surface area contributed by atoms with Gasteiger partial charge in [0, 0.05) is 23.7 Å². The molecule has 0 spiro atoms. The van der Waals surface area contributed by atoms with Crippen molar-refractivity contribution in [3.63, 3.8) is 0 Å². The van der Waals surface area contributed by atoms with Crippen molar-refractivity contribution in [2.45, 2.75) is 104 Å². The maximum absolute atomic E-state index is 13.1. The van der Waals surface area contributed by atoms with Crippen LogP contribution in [0.1, 0.15) is 96.1 Å². The van der Waals surface area contributed by atoms with Crippen LogP contribution in [0, 0.1) is 0 Å². The van der Waals surface area contributed by atoms with Gasteiger partial charge in [0.25, 0.3) is 5.56 Å². The minimum Gasteiger partial charge on any atom is -0.322 e. The molecule has 33 heavy (non-hydrogen) atoms. The first-order valence-electron chi connectivity index (χ1n) is 12.5. The van der Waals surface area contributed by atoms with Crippen molar-refractivity contribution in [3.8, 4) is 0 Å². The third-order valence-electron chi connectivity index (χ3n) is 6.93. The van der Waals surface area contributed by atoms with Crippen LogP contribution in [0.4, 0.5) is 0 Å². The summed E-state index contributed by atoms with van der Waals surface area (Å²) in [4.78, 5) is 18.7. The molecule has 0 radical (unpaired) electrons. The van der Waals surface area contributed by atoms with Gasteiger partial charge < -0.3 is 4.98 Å². The molecule has 0 bridgehead atoms. The highest BCUT2D eigenvalue weighted by atomic mass is 16.1. The molecule has 0 aliphatic heterocycles. The molecule has 0 amide bonds. The Bertz CT molecular complexity index is 1140. The van der Waals surface area contributed by atoms with Gasteiger partial charge in [-0.3, -0.25) is 9.69 Å². The smallest absolute Gasteiger partial charge is 0.252 e. The molecule has 3 aromatic rings. The van der Waals surface area contributed by atoms with Crippen molar-refractivity contribution in [3.05, 3.63) is 51.6 Å². The molecule has 1 atom stereocenters. The van der Waals surface area contributed by atoms with E-state index in [-0.39, 0.29) is 17.1 Å². The molecule has 1 aliphatic rings. The number of nitrogens with one attached hydrogen (secondary N) is 1. The predicted molar refractivity (Wildman–Crippen MR) is 132 cm³/mol. The SMILES string of the molecule is CCCC(c1nnnn1C(C)(C)C)N(Cc1cc2cc(CC)ccc2[nH]c1=O)C1CCCC1. The molecule has 7 heteroatoms. The molecule has 178 valence electrons. The van der Waals surface area contributed by atoms with Gasteiger partial charge in [-0.25, -0.2) is 4.68 Å². The average Bonchev–Trinajstić information content (AvgIpc) is 3.48. The number of hydrogen-bond donors (Lipinski definition) is 1. The number of rotatable bonds is 8. The zero-order valence-corrected chi connectivity index (χ0v) is 20.8. The number of pyridine rings is 1. The van der Waals surface area contributed by atoms with Crippen LogP contribution in [-0.4, -0.2) is 36.1 Å². The van der Waals surface area contributed by atoms with Crippen molar-refractivity contribution in [1.82, 2.24) is 30.1 Å². The molecule has 2 aromatic heterocycles. The summed E-state index contributed by atoms with van der Waals surface area (Å²) < 4.78 is 1.97. The van der Waals surface area contributed by atoms with Crippen molar-refractivity contribution in [2.24, 2.45) is 0 Å². The van der Waals surface area contributed by atoms with Gasteiger partial charge in [-0.1, -0.05) is 39.2 Å². The monoisotopic (exact) mass is 450 g/mol. The number of benzene rings is 1. The van der Waals surface area contributed by atoms with Gasteiger partial charge in [-0.2, -0.15) is 0 Å². The van der Waals surface area contributed by atoms with Gasteiger partial charge in [-0.15, -0.1) is 5.10 Å². The maximum Gasteiger partial charge on any atom is 0.252 e. The Morgan fingerprint density at radius 2 is 1.94 bits per heavy atom. The lowest BCUT2D eigenvalue weighted by Crippen LogP contribution is -2.40. The predicted octanol–water partition coefficient (Wildman–Crippen LogP) is 5.12.